The van der Waals surface area contributed by atoms with E-state index < -0.39 is 5.97 Å². The molecule has 0 bridgehead atoms. The normalized spacial score (nSPS) is 16.8. The van der Waals surface area contributed by atoms with Crippen LogP contribution in [0.3, 0.4) is 0 Å². The zero-order valence-corrected chi connectivity index (χ0v) is 16.9. The number of fused-ring (bicyclic) bond motifs is 1. The van der Waals surface area contributed by atoms with Crippen molar-refractivity contribution in [1.82, 2.24) is 10.1 Å². The lowest BCUT2D eigenvalue weighted by Crippen LogP contribution is -2.25. The lowest BCUT2D eigenvalue weighted by Gasteiger charge is -2.20. The monoisotopic (exact) mass is 403 g/mol. The fourth-order valence-corrected chi connectivity index (χ4v) is 5.26. The van der Waals surface area contributed by atoms with Crippen LogP contribution in [0.5, 0.6) is 0 Å². The van der Waals surface area contributed by atoms with Gasteiger partial charge in [0.05, 0.1) is 5.56 Å². The lowest BCUT2D eigenvalue weighted by molar-refractivity contribution is -0.120. The first-order valence-electron chi connectivity index (χ1n) is 10.1. The van der Waals surface area contributed by atoms with E-state index in [9.17, 15) is 9.59 Å². The van der Waals surface area contributed by atoms with Crippen molar-refractivity contribution in [2.24, 2.45) is 5.92 Å². The van der Waals surface area contributed by atoms with Gasteiger partial charge in [-0.25, -0.2) is 4.79 Å². The number of nitrogens with zero attached hydrogens (tertiary/aromatic N) is 2. The van der Waals surface area contributed by atoms with E-state index in [1.165, 1.54) is 22.6 Å². The van der Waals surface area contributed by atoms with Crippen LogP contribution in [0.4, 0.5) is 5.00 Å². The summed E-state index contributed by atoms with van der Waals surface area (Å²) in [6.07, 6.45) is 8.72. The Morgan fingerprint density at radius 2 is 2.04 bits per heavy atom. The average Bonchev–Trinajstić information content (AvgIpc) is 3.42. The summed E-state index contributed by atoms with van der Waals surface area (Å²) in [5.41, 5.74) is 1.53. The van der Waals surface area contributed by atoms with Gasteiger partial charge >= 0.3 is 5.97 Å². The van der Waals surface area contributed by atoms with Crippen molar-refractivity contribution in [3.05, 3.63) is 27.7 Å². The Balaban J connectivity index is 1.48. The third kappa shape index (κ3) is 3.97. The van der Waals surface area contributed by atoms with Gasteiger partial charge in [-0.05, 0) is 37.7 Å². The number of amides is 1. The highest BCUT2D eigenvalue weighted by molar-refractivity contribution is 7.17. The fraction of sp³-hybridized carbons (Fsp3) is 0.600. The maximum absolute atomic E-state index is 12.8. The molecule has 1 saturated carbocycles. The van der Waals surface area contributed by atoms with Crippen LogP contribution in [-0.2, 0) is 35.4 Å². The minimum absolute atomic E-state index is 0.0261. The Kier molecular flexibility index (Phi) is 5.75. The number of thiophene rings is 1. The van der Waals surface area contributed by atoms with Gasteiger partial charge in [0.25, 0.3) is 5.89 Å². The van der Waals surface area contributed by atoms with E-state index in [0.29, 0.717) is 22.8 Å². The second kappa shape index (κ2) is 8.43. The molecular formula is C20H25N3O4S. The van der Waals surface area contributed by atoms with Gasteiger partial charge in [-0.15, -0.1) is 11.3 Å². The van der Waals surface area contributed by atoms with Crippen LogP contribution < -0.4 is 5.32 Å². The number of carbonyl (C=O) groups is 2. The molecule has 0 atom stereocenters. The molecule has 2 aromatic rings. The number of aryl methyl sites for hydroxylation is 2. The Hall–Kier alpha value is -2.22. The molecule has 150 valence electrons. The van der Waals surface area contributed by atoms with Gasteiger partial charge in [-0.1, -0.05) is 31.3 Å². The third-order valence-corrected chi connectivity index (χ3v) is 6.70. The SMILES string of the molecule is CCc1noc(COC(=O)c2c(NC(=O)C3CCCCC3)sc3c2CCC3)n1. The van der Waals surface area contributed by atoms with Crippen molar-refractivity contribution in [3.8, 4) is 0 Å². The smallest absolute Gasteiger partial charge is 0.341 e. The Morgan fingerprint density at radius 3 is 2.79 bits per heavy atom. The topological polar surface area (TPSA) is 94.3 Å². The number of anilines is 1. The Labute approximate surface area is 167 Å². The summed E-state index contributed by atoms with van der Waals surface area (Å²) in [6, 6.07) is 0. The van der Waals surface area contributed by atoms with Crippen LogP contribution in [0.1, 0.15) is 78.0 Å². The van der Waals surface area contributed by atoms with Gasteiger partial charge in [-0.2, -0.15) is 4.98 Å². The molecule has 28 heavy (non-hydrogen) atoms. The average molecular weight is 404 g/mol. The standard InChI is InChI=1S/C20H25N3O4S/c1-2-15-21-16(27-23-15)11-26-20(25)17-13-9-6-10-14(13)28-19(17)22-18(24)12-7-4-3-5-8-12/h12H,2-11H2,1H3,(H,22,24). The van der Waals surface area contributed by atoms with Crippen LogP contribution in [0.15, 0.2) is 4.52 Å². The van der Waals surface area contributed by atoms with Crippen LogP contribution in [-0.4, -0.2) is 22.0 Å². The van der Waals surface area contributed by atoms with E-state index >= 15 is 0 Å². The summed E-state index contributed by atoms with van der Waals surface area (Å²) < 4.78 is 10.5. The number of hydrogen-bond acceptors (Lipinski definition) is 7. The molecule has 1 N–H and O–H groups in total. The van der Waals surface area contributed by atoms with Crippen molar-refractivity contribution < 1.29 is 18.8 Å². The molecule has 2 aliphatic rings. The molecule has 2 aromatic heterocycles. The van der Waals surface area contributed by atoms with Crippen LogP contribution in [0.25, 0.3) is 0 Å². The van der Waals surface area contributed by atoms with Crippen molar-refractivity contribution in [3.63, 3.8) is 0 Å². The second-order valence-corrected chi connectivity index (χ2v) is 8.52. The minimum Gasteiger partial charge on any atom is -0.452 e. The van der Waals surface area contributed by atoms with Gasteiger partial charge in [0, 0.05) is 17.2 Å². The maximum Gasteiger partial charge on any atom is 0.341 e. The summed E-state index contributed by atoms with van der Waals surface area (Å²) in [5, 5.41) is 7.47. The third-order valence-electron chi connectivity index (χ3n) is 5.49. The molecular weight excluding hydrogens is 378 g/mol. The largest absolute Gasteiger partial charge is 0.452 e. The van der Waals surface area contributed by atoms with Crippen molar-refractivity contribution in [2.75, 3.05) is 5.32 Å². The second-order valence-electron chi connectivity index (χ2n) is 7.42. The predicted octanol–water partition coefficient (Wildman–Crippen LogP) is 4.06. The summed E-state index contributed by atoms with van der Waals surface area (Å²) in [7, 11) is 0. The van der Waals surface area contributed by atoms with Crippen molar-refractivity contribution >= 4 is 28.2 Å². The zero-order chi connectivity index (χ0) is 19.5. The first-order chi connectivity index (χ1) is 13.7. The first kappa shape index (κ1) is 19.1. The molecule has 0 radical (unpaired) electrons. The Morgan fingerprint density at radius 1 is 1.21 bits per heavy atom. The molecule has 0 aromatic carbocycles. The summed E-state index contributed by atoms with van der Waals surface area (Å²) in [5.74, 6) is 0.501. The van der Waals surface area contributed by atoms with Gasteiger partial charge < -0.3 is 14.6 Å². The fourth-order valence-electron chi connectivity index (χ4n) is 3.98. The molecule has 1 fully saturated rings. The van der Waals surface area contributed by atoms with E-state index in [1.54, 1.807) is 0 Å². The molecule has 2 heterocycles. The molecule has 7 nitrogen and oxygen atoms in total. The number of rotatable bonds is 6. The van der Waals surface area contributed by atoms with Gasteiger partial charge in [0.1, 0.15) is 5.00 Å². The highest BCUT2D eigenvalue weighted by Gasteiger charge is 2.30. The number of aromatic nitrogens is 2. The number of esters is 1. The lowest BCUT2D eigenvalue weighted by atomic mass is 9.89. The highest BCUT2D eigenvalue weighted by Crippen LogP contribution is 2.40. The summed E-state index contributed by atoms with van der Waals surface area (Å²) in [6.45, 7) is 1.86. The number of carbonyl (C=O) groups excluding carboxylic acids is 2. The quantitative estimate of drug-likeness (QED) is 0.731. The first-order valence-corrected chi connectivity index (χ1v) is 10.9. The zero-order valence-electron chi connectivity index (χ0n) is 16.1. The minimum atomic E-state index is -0.436. The molecule has 1 amide bonds. The molecule has 0 unspecified atom stereocenters. The van der Waals surface area contributed by atoms with Crippen LogP contribution in [0, 0.1) is 5.92 Å². The molecule has 4 rings (SSSR count). The van der Waals surface area contributed by atoms with E-state index in [0.717, 1.165) is 50.5 Å². The van der Waals surface area contributed by atoms with Crippen molar-refractivity contribution in [1.29, 1.82) is 0 Å². The van der Waals surface area contributed by atoms with Gasteiger partial charge in [0.15, 0.2) is 12.4 Å². The number of hydrogen-bond donors (Lipinski definition) is 1. The predicted molar refractivity (Wildman–Crippen MR) is 104 cm³/mol. The molecule has 0 spiro atoms. The van der Waals surface area contributed by atoms with Crippen molar-refractivity contribution in [2.45, 2.75) is 71.3 Å². The highest BCUT2D eigenvalue weighted by atomic mass is 32.1. The molecule has 2 aliphatic carbocycles. The van der Waals surface area contributed by atoms with Gasteiger partial charge in [-0.3, -0.25) is 4.79 Å². The molecule has 8 heteroatoms. The van der Waals surface area contributed by atoms with E-state index in [-0.39, 0.29) is 24.3 Å². The summed E-state index contributed by atoms with van der Waals surface area (Å²) >= 11 is 1.51. The van der Waals surface area contributed by atoms with E-state index in [2.05, 4.69) is 15.5 Å². The van der Waals surface area contributed by atoms with Gasteiger partial charge in [0.2, 0.25) is 5.91 Å². The van der Waals surface area contributed by atoms with E-state index in [1.807, 2.05) is 6.92 Å². The summed E-state index contributed by atoms with van der Waals surface area (Å²) in [4.78, 5) is 30.9. The molecule has 0 saturated heterocycles. The Bertz CT molecular complexity index is 867. The maximum atomic E-state index is 12.8. The molecule has 0 aliphatic heterocycles. The number of ether oxygens (including phenoxy) is 1. The van der Waals surface area contributed by atoms with Crippen LogP contribution >= 0.6 is 11.3 Å². The van der Waals surface area contributed by atoms with Crippen LogP contribution in [0.2, 0.25) is 0 Å². The van der Waals surface area contributed by atoms with E-state index in [4.69, 9.17) is 9.26 Å². The number of nitrogens with one attached hydrogen (secondary N) is 1.